The summed E-state index contributed by atoms with van der Waals surface area (Å²) in [5.41, 5.74) is 0.606. The van der Waals surface area contributed by atoms with Crippen molar-refractivity contribution in [1.82, 2.24) is 14.8 Å². The first kappa shape index (κ1) is 14.3. The molecule has 0 aliphatic heterocycles. The van der Waals surface area contributed by atoms with Crippen molar-refractivity contribution in [2.45, 2.75) is 19.3 Å². The Bertz CT molecular complexity index is 642. The number of hydrogen-bond donors (Lipinski definition) is 0. The fourth-order valence-corrected chi connectivity index (χ4v) is 2.14. The zero-order chi connectivity index (χ0) is 14.7. The van der Waals surface area contributed by atoms with Gasteiger partial charge in [-0.25, -0.2) is 0 Å². The number of rotatable bonds is 5. The number of nitro benzene ring substituents is 1. The highest BCUT2D eigenvalue weighted by Gasteiger charge is 2.18. The van der Waals surface area contributed by atoms with E-state index in [1.807, 2.05) is 11.5 Å². The third-order valence-corrected chi connectivity index (χ3v) is 3.14. The van der Waals surface area contributed by atoms with Crippen molar-refractivity contribution in [1.29, 1.82) is 0 Å². The minimum Gasteiger partial charge on any atom is -0.496 e. The number of hydrogen-bond acceptors (Lipinski definition) is 5. The van der Waals surface area contributed by atoms with Gasteiger partial charge < -0.3 is 9.30 Å². The van der Waals surface area contributed by atoms with Crippen LogP contribution >= 0.6 is 11.6 Å². The fraction of sp³-hybridized carbons (Fsp3) is 0.333. The van der Waals surface area contributed by atoms with E-state index in [0.717, 1.165) is 0 Å². The monoisotopic (exact) mass is 296 g/mol. The van der Waals surface area contributed by atoms with Crippen LogP contribution in [0.25, 0.3) is 11.4 Å². The smallest absolute Gasteiger partial charge is 0.273 e. The lowest BCUT2D eigenvalue weighted by molar-refractivity contribution is -0.384. The molecule has 0 spiro atoms. The molecule has 0 amide bonds. The molecule has 0 aliphatic carbocycles. The first-order valence-corrected chi connectivity index (χ1v) is 6.46. The van der Waals surface area contributed by atoms with Gasteiger partial charge in [-0.15, -0.1) is 21.8 Å². The van der Waals surface area contributed by atoms with E-state index >= 15 is 0 Å². The second-order valence-corrected chi connectivity index (χ2v) is 4.23. The Balaban J connectivity index is 2.57. The van der Waals surface area contributed by atoms with Crippen molar-refractivity contribution in [3.05, 3.63) is 34.1 Å². The van der Waals surface area contributed by atoms with E-state index in [1.165, 1.54) is 19.2 Å². The molecule has 2 aromatic rings. The quantitative estimate of drug-likeness (QED) is 0.481. The number of benzene rings is 1. The molecular weight excluding hydrogens is 284 g/mol. The summed E-state index contributed by atoms with van der Waals surface area (Å²) in [7, 11) is 1.46. The number of non-ortho nitro benzene ring substituents is 1. The van der Waals surface area contributed by atoms with Gasteiger partial charge in [0.1, 0.15) is 11.6 Å². The Morgan fingerprint density at radius 2 is 2.20 bits per heavy atom. The summed E-state index contributed by atoms with van der Waals surface area (Å²) in [6.07, 6.45) is 0. The van der Waals surface area contributed by atoms with Gasteiger partial charge in [-0.1, -0.05) is 0 Å². The lowest BCUT2D eigenvalue weighted by Crippen LogP contribution is -2.03. The second-order valence-electron chi connectivity index (χ2n) is 3.96. The van der Waals surface area contributed by atoms with Gasteiger partial charge in [0, 0.05) is 12.6 Å². The van der Waals surface area contributed by atoms with Crippen LogP contribution < -0.4 is 4.74 Å². The van der Waals surface area contributed by atoms with E-state index in [9.17, 15) is 10.1 Å². The molecule has 1 aromatic carbocycles. The summed E-state index contributed by atoms with van der Waals surface area (Å²) < 4.78 is 7.06. The normalized spacial score (nSPS) is 10.6. The maximum Gasteiger partial charge on any atom is 0.273 e. The van der Waals surface area contributed by atoms with E-state index in [2.05, 4.69) is 10.2 Å². The third kappa shape index (κ3) is 2.44. The molecule has 0 radical (unpaired) electrons. The topological polar surface area (TPSA) is 83.1 Å². The molecule has 106 valence electrons. The number of methoxy groups -OCH3 is 1. The van der Waals surface area contributed by atoms with Gasteiger partial charge in [0.05, 0.1) is 29.5 Å². The third-order valence-electron chi connectivity index (χ3n) is 2.90. The highest BCUT2D eigenvalue weighted by Crippen LogP contribution is 2.32. The van der Waals surface area contributed by atoms with Gasteiger partial charge in [-0.2, -0.15) is 0 Å². The minimum absolute atomic E-state index is 0.0364. The van der Waals surface area contributed by atoms with Gasteiger partial charge in [-0.05, 0) is 13.0 Å². The molecule has 7 nitrogen and oxygen atoms in total. The van der Waals surface area contributed by atoms with Crippen LogP contribution in [0.15, 0.2) is 18.2 Å². The van der Waals surface area contributed by atoms with Gasteiger partial charge in [0.15, 0.2) is 5.82 Å². The number of aromatic nitrogens is 3. The van der Waals surface area contributed by atoms with Crippen molar-refractivity contribution in [3.8, 4) is 17.1 Å². The van der Waals surface area contributed by atoms with Gasteiger partial charge in [0.2, 0.25) is 0 Å². The van der Waals surface area contributed by atoms with Crippen molar-refractivity contribution < 1.29 is 9.66 Å². The average molecular weight is 297 g/mol. The summed E-state index contributed by atoms with van der Waals surface area (Å²) in [4.78, 5) is 10.3. The lowest BCUT2D eigenvalue weighted by Gasteiger charge is -2.09. The van der Waals surface area contributed by atoms with Crippen LogP contribution in [0.4, 0.5) is 5.69 Å². The molecular formula is C12H13ClN4O3. The predicted octanol–water partition coefficient (Wildman–Crippen LogP) is 2.62. The Morgan fingerprint density at radius 1 is 1.45 bits per heavy atom. The molecule has 1 heterocycles. The molecule has 1 aromatic heterocycles. The van der Waals surface area contributed by atoms with E-state index in [-0.39, 0.29) is 11.6 Å². The van der Waals surface area contributed by atoms with Crippen LogP contribution in [-0.2, 0) is 12.4 Å². The molecule has 0 fully saturated rings. The highest BCUT2D eigenvalue weighted by atomic mass is 35.5. The predicted molar refractivity (Wildman–Crippen MR) is 73.9 cm³/mol. The minimum atomic E-state index is -0.471. The van der Waals surface area contributed by atoms with Crippen LogP contribution in [0.1, 0.15) is 12.7 Å². The Morgan fingerprint density at radius 3 is 2.75 bits per heavy atom. The van der Waals surface area contributed by atoms with Gasteiger partial charge in [0.25, 0.3) is 5.69 Å². The zero-order valence-electron chi connectivity index (χ0n) is 11.0. The number of ether oxygens (including phenoxy) is 1. The fourth-order valence-electron chi connectivity index (χ4n) is 1.94. The van der Waals surface area contributed by atoms with Crippen molar-refractivity contribution in [2.24, 2.45) is 0 Å². The maximum atomic E-state index is 10.8. The summed E-state index contributed by atoms with van der Waals surface area (Å²) in [6.45, 7) is 2.59. The molecule has 0 saturated heterocycles. The summed E-state index contributed by atoms with van der Waals surface area (Å²) in [5.74, 6) is 1.85. The molecule has 0 atom stereocenters. The zero-order valence-corrected chi connectivity index (χ0v) is 11.8. The van der Waals surface area contributed by atoms with Crippen LogP contribution in [-0.4, -0.2) is 26.8 Å². The summed E-state index contributed by atoms with van der Waals surface area (Å²) in [6, 6.07) is 4.38. The highest BCUT2D eigenvalue weighted by molar-refractivity contribution is 6.16. The first-order chi connectivity index (χ1) is 9.62. The van der Waals surface area contributed by atoms with Crippen LogP contribution in [0.2, 0.25) is 0 Å². The lowest BCUT2D eigenvalue weighted by atomic mass is 10.1. The van der Waals surface area contributed by atoms with Gasteiger partial charge in [-0.3, -0.25) is 10.1 Å². The molecule has 2 rings (SSSR count). The number of nitro groups is 1. The van der Waals surface area contributed by atoms with Crippen LogP contribution in [0, 0.1) is 10.1 Å². The van der Waals surface area contributed by atoms with E-state index in [1.54, 1.807) is 6.07 Å². The molecule has 0 aliphatic rings. The van der Waals surface area contributed by atoms with E-state index in [4.69, 9.17) is 16.3 Å². The summed E-state index contributed by atoms with van der Waals surface area (Å²) >= 11 is 5.81. The Labute approximate surface area is 120 Å². The SMILES string of the molecule is CCn1c(CCl)nnc1-c1ccc([N+](=O)[O-])cc1OC. The molecule has 0 bridgehead atoms. The number of nitrogens with zero attached hydrogens (tertiary/aromatic N) is 4. The van der Waals surface area contributed by atoms with Crippen molar-refractivity contribution in [3.63, 3.8) is 0 Å². The first-order valence-electron chi connectivity index (χ1n) is 5.93. The molecule has 20 heavy (non-hydrogen) atoms. The van der Waals surface area contributed by atoms with E-state index < -0.39 is 4.92 Å². The maximum absolute atomic E-state index is 10.8. The van der Waals surface area contributed by atoms with Crippen LogP contribution in [0.5, 0.6) is 5.75 Å². The molecule has 0 N–H and O–H groups in total. The van der Waals surface area contributed by atoms with Gasteiger partial charge >= 0.3 is 0 Å². The Hall–Kier alpha value is -2.15. The van der Waals surface area contributed by atoms with Crippen LogP contribution in [0.3, 0.4) is 0 Å². The van der Waals surface area contributed by atoms with Crippen molar-refractivity contribution >= 4 is 17.3 Å². The van der Waals surface area contributed by atoms with E-state index in [0.29, 0.717) is 29.5 Å². The average Bonchev–Trinajstić information content (AvgIpc) is 2.88. The second kappa shape index (κ2) is 5.87. The summed E-state index contributed by atoms with van der Waals surface area (Å²) in [5, 5.41) is 18.9. The molecule has 0 unspecified atom stereocenters. The largest absolute Gasteiger partial charge is 0.496 e. The molecule has 8 heteroatoms. The Kier molecular flexibility index (Phi) is 4.19. The van der Waals surface area contributed by atoms with Crippen molar-refractivity contribution in [2.75, 3.05) is 7.11 Å². The molecule has 0 saturated carbocycles. The standard InChI is InChI=1S/C12H13ClN4O3/c1-3-16-11(7-13)14-15-12(16)9-5-4-8(17(18)19)6-10(9)20-2/h4-6H,3,7H2,1-2H3. The number of alkyl halides is 1. The number of halogens is 1.